The second-order valence-corrected chi connectivity index (χ2v) is 9.35. The summed E-state index contributed by atoms with van der Waals surface area (Å²) in [6.07, 6.45) is 9.08. The summed E-state index contributed by atoms with van der Waals surface area (Å²) in [6.45, 7) is 3.27. The number of carbonyl (C=O) groups is 3. The Bertz CT molecular complexity index is 737. The number of carbonyl (C=O) groups excluding carboxylic acids is 3. The van der Waals surface area contributed by atoms with E-state index in [-0.39, 0.29) is 29.7 Å². The second-order valence-electron chi connectivity index (χ2n) is 9.35. The molecule has 0 aromatic carbocycles. The third-order valence-corrected chi connectivity index (χ3v) is 7.17. The van der Waals surface area contributed by atoms with Crippen LogP contribution in [0.1, 0.15) is 62.9 Å². The lowest BCUT2D eigenvalue weighted by Crippen LogP contribution is -2.56. The van der Waals surface area contributed by atoms with E-state index in [9.17, 15) is 14.4 Å². The van der Waals surface area contributed by atoms with Crippen molar-refractivity contribution in [1.82, 2.24) is 10.6 Å². The first-order valence-corrected chi connectivity index (χ1v) is 10.6. The molecule has 2 atom stereocenters. The smallest absolute Gasteiger partial charge is 0.328 e. The summed E-state index contributed by atoms with van der Waals surface area (Å²) >= 11 is 0. The summed E-state index contributed by atoms with van der Waals surface area (Å²) in [7, 11) is 0. The lowest BCUT2D eigenvalue weighted by atomic mass is 9.48. The Morgan fingerprint density at radius 3 is 2.28 bits per heavy atom. The Morgan fingerprint density at radius 1 is 1.10 bits per heavy atom. The fourth-order valence-corrected chi connectivity index (χ4v) is 6.14. The first-order valence-electron chi connectivity index (χ1n) is 10.6. The zero-order valence-corrected chi connectivity index (χ0v) is 17.1. The highest BCUT2D eigenvalue weighted by Gasteiger charge is 2.53. The maximum Gasteiger partial charge on any atom is 0.328 e. The SMILES string of the molecule is C[C@H](NC(=O)c1ccco1)C(=O)OCC(=O)N[C@H](C)C12CC3CC(CC(C3)C1)C2. The fourth-order valence-electron chi connectivity index (χ4n) is 6.14. The molecule has 4 fully saturated rings. The minimum Gasteiger partial charge on any atom is -0.459 e. The number of ether oxygens (including phenoxy) is 1. The van der Waals surface area contributed by atoms with Crippen LogP contribution in [0.5, 0.6) is 0 Å². The zero-order chi connectivity index (χ0) is 20.6. The van der Waals surface area contributed by atoms with Gasteiger partial charge in [0.2, 0.25) is 0 Å². The van der Waals surface area contributed by atoms with Gasteiger partial charge in [0.15, 0.2) is 12.4 Å². The highest BCUT2D eigenvalue weighted by atomic mass is 16.5. The summed E-state index contributed by atoms with van der Waals surface area (Å²) in [5.41, 5.74) is 0.207. The average molecular weight is 402 g/mol. The van der Waals surface area contributed by atoms with Gasteiger partial charge in [0, 0.05) is 6.04 Å². The van der Waals surface area contributed by atoms with E-state index in [0.717, 1.165) is 17.8 Å². The quantitative estimate of drug-likeness (QED) is 0.684. The summed E-state index contributed by atoms with van der Waals surface area (Å²) < 4.78 is 10.1. The van der Waals surface area contributed by atoms with Gasteiger partial charge in [-0.2, -0.15) is 0 Å². The molecule has 0 radical (unpaired) electrons. The number of amides is 2. The molecule has 2 amide bonds. The molecule has 0 spiro atoms. The summed E-state index contributed by atoms with van der Waals surface area (Å²) in [5.74, 6) is 1.13. The van der Waals surface area contributed by atoms with Crippen molar-refractivity contribution in [2.75, 3.05) is 6.61 Å². The zero-order valence-electron chi connectivity index (χ0n) is 17.1. The van der Waals surface area contributed by atoms with Gasteiger partial charge in [0.1, 0.15) is 6.04 Å². The molecule has 7 nitrogen and oxygen atoms in total. The van der Waals surface area contributed by atoms with Gasteiger partial charge in [-0.05, 0) is 87.7 Å². The topological polar surface area (TPSA) is 97.6 Å². The van der Waals surface area contributed by atoms with Crippen LogP contribution in [0.25, 0.3) is 0 Å². The summed E-state index contributed by atoms with van der Waals surface area (Å²) in [6, 6.07) is 2.30. The molecule has 0 saturated heterocycles. The van der Waals surface area contributed by atoms with Gasteiger partial charge in [0.05, 0.1) is 6.26 Å². The first kappa shape index (κ1) is 20.0. The van der Waals surface area contributed by atoms with Crippen LogP contribution in [-0.2, 0) is 14.3 Å². The lowest BCUT2D eigenvalue weighted by molar-refractivity contribution is -0.150. The van der Waals surface area contributed by atoms with Crippen LogP contribution < -0.4 is 10.6 Å². The van der Waals surface area contributed by atoms with Crippen LogP contribution in [0.15, 0.2) is 22.8 Å². The minimum absolute atomic E-state index is 0.0816. The van der Waals surface area contributed by atoms with Crippen LogP contribution in [0.4, 0.5) is 0 Å². The molecular weight excluding hydrogens is 372 g/mol. The average Bonchev–Trinajstić information content (AvgIpc) is 3.19. The van der Waals surface area contributed by atoms with Crippen LogP contribution in [-0.4, -0.2) is 36.5 Å². The molecule has 0 aliphatic heterocycles. The molecule has 158 valence electrons. The summed E-state index contributed by atoms with van der Waals surface area (Å²) in [4.78, 5) is 36.4. The highest BCUT2D eigenvalue weighted by molar-refractivity contribution is 5.94. The predicted molar refractivity (Wildman–Crippen MR) is 105 cm³/mol. The molecule has 4 aliphatic rings. The van der Waals surface area contributed by atoms with Crippen molar-refractivity contribution in [3.05, 3.63) is 24.2 Å². The van der Waals surface area contributed by atoms with E-state index in [2.05, 4.69) is 17.6 Å². The van der Waals surface area contributed by atoms with Gasteiger partial charge >= 0.3 is 5.97 Å². The molecule has 4 aliphatic carbocycles. The van der Waals surface area contributed by atoms with E-state index in [1.165, 1.54) is 57.8 Å². The van der Waals surface area contributed by atoms with Crippen LogP contribution in [0, 0.1) is 23.2 Å². The van der Waals surface area contributed by atoms with Crippen LogP contribution >= 0.6 is 0 Å². The van der Waals surface area contributed by atoms with Gasteiger partial charge in [-0.25, -0.2) is 4.79 Å². The highest BCUT2D eigenvalue weighted by Crippen LogP contribution is 2.61. The molecule has 4 saturated carbocycles. The first-order chi connectivity index (χ1) is 13.8. The second kappa shape index (κ2) is 7.84. The van der Waals surface area contributed by atoms with Gasteiger partial charge in [0.25, 0.3) is 11.8 Å². The molecule has 2 N–H and O–H groups in total. The Balaban J connectivity index is 1.23. The van der Waals surface area contributed by atoms with Gasteiger partial charge in [-0.1, -0.05) is 0 Å². The Kier molecular flexibility index (Phi) is 5.40. The molecule has 5 rings (SSSR count). The normalized spacial score (nSPS) is 31.7. The molecule has 0 unspecified atom stereocenters. The standard InChI is InChI=1S/C22H30N2O5/c1-13(23-20(26)18-4-3-5-28-18)21(27)29-12-19(25)24-14(2)22-9-15-6-16(10-22)8-17(7-15)11-22/h3-5,13-17H,6-12H2,1-2H3,(H,23,26)(H,24,25)/t13-,14+,15?,16?,17?,22?/m0/s1. The number of nitrogens with one attached hydrogen (secondary N) is 2. The van der Waals surface area contributed by atoms with Gasteiger partial charge < -0.3 is 19.8 Å². The van der Waals surface area contributed by atoms with Crippen LogP contribution in [0.3, 0.4) is 0 Å². The lowest BCUT2D eigenvalue weighted by Gasteiger charge is -2.59. The van der Waals surface area contributed by atoms with Gasteiger partial charge in [-0.15, -0.1) is 0 Å². The Labute approximate surface area is 170 Å². The molecule has 29 heavy (non-hydrogen) atoms. The molecular formula is C22H30N2O5. The maximum absolute atomic E-state index is 12.4. The molecule has 7 heteroatoms. The third-order valence-electron chi connectivity index (χ3n) is 7.17. The predicted octanol–water partition coefficient (Wildman–Crippen LogP) is 2.66. The van der Waals surface area contributed by atoms with E-state index in [4.69, 9.17) is 9.15 Å². The fraction of sp³-hybridized carbons (Fsp3) is 0.682. The van der Waals surface area contributed by atoms with E-state index >= 15 is 0 Å². The molecule has 1 aromatic heterocycles. The van der Waals surface area contributed by atoms with E-state index in [1.807, 2.05) is 0 Å². The third kappa shape index (κ3) is 4.19. The largest absolute Gasteiger partial charge is 0.459 e. The number of hydrogen-bond acceptors (Lipinski definition) is 5. The number of hydrogen-bond donors (Lipinski definition) is 2. The van der Waals surface area contributed by atoms with E-state index < -0.39 is 17.9 Å². The van der Waals surface area contributed by atoms with Crippen molar-refractivity contribution in [3.63, 3.8) is 0 Å². The summed E-state index contributed by atoms with van der Waals surface area (Å²) in [5, 5.41) is 5.57. The van der Waals surface area contributed by atoms with Gasteiger partial charge in [-0.3, -0.25) is 9.59 Å². The Hall–Kier alpha value is -2.31. The van der Waals surface area contributed by atoms with Crippen molar-refractivity contribution >= 4 is 17.8 Å². The van der Waals surface area contributed by atoms with Crippen molar-refractivity contribution in [3.8, 4) is 0 Å². The van der Waals surface area contributed by atoms with E-state index in [1.54, 1.807) is 6.07 Å². The minimum atomic E-state index is -0.874. The van der Waals surface area contributed by atoms with E-state index in [0.29, 0.717) is 0 Å². The molecule has 4 bridgehead atoms. The number of rotatable bonds is 7. The van der Waals surface area contributed by atoms with Crippen molar-refractivity contribution in [1.29, 1.82) is 0 Å². The Morgan fingerprint density at radius 2 is 1.72 bits per heavy atom. The van der Waals surface area contributed by atoms with Crippen molar-refractivity contribution < 1.29 is 23.5 Å². The monoisotopic (exact) mass is 402 g/mol. The van der Waals surface area contributed by atoms with Crippen molar-refractivity contribution in [2.24, 2.45) is 23.2 Å². The van der Waals surface area contributed by atoms with Crippen molar-refractivity contribution in [2.45, 2.75) is 64.5 Å². The molecule has 1 heterocycles. The molecule has 1 aromatic rings. The maximum atomic E-state index is 12.4. The number of furan rings is 1. The number of esters is 1. The van der Waals surface area contributed by atoms with Crippen LogP contribution in [0.2, 0.25) is 0 Å².